The smallest absolute Gasteiger partial charge is 0.224 e. The largest absolute Gasteiger partial charge is 0.461 e. The van der Waals surface area contributed by atoms with Crippen LogP contribution in [-0.2, 0) is 17.6 Å². The molecular formula is C20H21NO2. The molecule has 3 rings (SSSR count). The molecule has 1 heterocycles. The lowest BCUT2D eigenvalue weighted by Gasteiger charge is -2.12. The molecule has 0 saturated carbocycles. The quantitative estimate of drug-likeness (QED) is 0.773. The Morgan fingerprint density at radius 2 is 1.96 bits per heavy atom. The first-order valence-electron chi connectivity index (χ1n) is 7.92. The van der Waals surface area contributed by atoms with Gasteiger partial charge in [-0.1, -0.05) is 48.0 Å². The van der Waals surface area contributed by atoms with Crippen molar-refractivity contribution in [3.63, 3.8) is 0 Å². The monoisotopic (exact) mass is 307 g/mol. The minimum absolute atomic E-state index is 0.0351. The lowest BCUT2D eigenvalue weighted by atomic mass is 10.1. The first-order chi connectivity index (χ1) is 11.1. The summed E-state index contributed by atoms with van der Waals surface area (Å²) >= 11 is 0. The highest BCUT2D eigenvalue weighted by Crippen LogP contribution is 2.19. The number of amides is 1. The van der Waals surface area contributed by atoms with Crippen LogP contribution in [0, 0.1) is 6.92 Å². The Kier molecular flexibility index (Phi) is 4.47. The number of benzene rings is 2. The van der Waals surface area contributed by atoms with Crippen LogP contribution >= 0.6 is 0 Å². The van der Waals surface area contributed by atoms with Gasteiger partial charge < -0.3 is 9.73 Å². The van der Waals surface area contributed by atoms with Gasteiger partial charge in [0, 0.05) is 17.8 Å². The fourth-order valence-corrected chi connectivity index (χ4v) is 2.82. The number of carbonyl (C=O) groups excluding carboxylic acids is 1. The number of hydrogen-bond donors (Lipinski definition) is 1. The average molecular weight is 307 g/mol. The fourth-order valence-electron chi connectivity index (χ4n) is 2.82. The second kappa shape index (κ2) is 6.69. The third-order valence-corrected chi connectivity index (χ3v) is 3.84. The number of hydrogen-bond acceptors (Lipinski definition) is 2. The van der Waals surface area contributed by atoms with Gasteiger partial charge in [-0.05, 0) is 31.5 Å². The predicted octanol–water partition coefficient (Wildman–Crippen LogP) is 4.03. The molecule has 0 fully saturated rings. The highest BCUT2D eigenvalue weighted by Gasteiger charge is 2.12. The van der Waals surface area contributed by atoms with Crippen molar-refractivity contribution in [1.29, 1.82) is 0 Å². The lowest BCUT2D eigenvalue weighted by molar-refractivity contribution is -0.121. The Balaban J connectivity index is 1.58. The van der Waals surface area contributed by atoms with Gasteiger partial charge in [0.2, 0.25) is 5.91 Å². The third kappa shape index (κ3) is 4.01. The van der Waals surface area contributed by atoms with E-state index in [1.807, 2.05) is 68.4 Å². The maximum Gasteiger partial charge on any atom is 0.224 e. The molecule has 1 aromatic heterocycles. The molecule has 1 atom stereocenters. The van der Waals surface area contributed by atoms with Gasteiger partial charge in [-0.3, -0.25) is 4.79 Å². The van der Waals surface area contributed by atoms with E-state index in [1.165, 1.54) is 5.56 Å². The molecular weight excluding hydrogens is 286 g/mol. The van der Waals surface area contributed by atoms with E-state index < -0.39 is 0 Å². The Labute approximate surface area is 136 Å². The molecule has 0 unspecified atom stereocenters. The molecule has 0 radical (unpaired) electrons. The summed E-state index contributed by atoms with van der Waals surface area (Å²) in [5, 5.41) is 4.14. The van der Waals surface area contributed by atoms with Crippen molar-refractivity contribution in [2.75, 3.05) is 0 Å². The standard InChI is InChI=1S/C20H21NO2/c1-14-6-5-7-16(10-14)12-20(22)21-15(2)11-18-13-17-8-3-4-9-19(17)23-18/h3-10,13,15H,11-12H2,1-2H3,(H,21,22)/t15-/m0/s1. The predicted molar refractivity (Wildman–Crippen MR) is 92.4 cm³/mol. The van der Waals surface area contributed by atoms with Crippen molar-refractivity contribution in [2.45, 2.75) is 32.7 Å². The zero-order valence-corrected chi connectivity index (χ0v) is 13.5. The topological polar surface area (TPSA) is 42.2 Å². The van der Waals surface area contributed by atoms with Gasteiger partial charge >= 0.3 is 0 Å². The second-order valence-electron chi connectivity index (χ2n) is 6.09. The summed E-state index contributed by atoms with van der Waals surface area (Å²) in [6.45, 7) is 4.03. The SMILES string of the molecule is Cc1cccc(CC(=O)N[C@@H](C)Cc2cc3ccccc3o2)c1. The minimum atomic E-state index is 0.0351. The van der Waals surface area contributed by atoms with Gasteiger partial charge in [-0.25, -0.2) is 0 Å². The van der Waals surface area contributed by atoms with E-state index in [9.17, 15) is 4.79 Å². The van der Waals surface area contributed by atoms with E-state index in [-0.39, 0.29) is 11.9 Å². The van der Waals surface area contributed by atoms with Gasteiger partial charge in [0.25, 0.3) is 0 Å². The van der Waals surface area contributed by atoms with Crippen LogP contribution in [0.25, 0.3) is 11.0 Å². The maximum atomic E-state index is 12.2. The van der Waals surface area contributed by atoms with Crippen LogP contribution in [0.4, 0.5) is 0 Å². The fraction of sp³-hybridized carbons (Fsp3) is 0.250. The number of fused-ring (bicyclic) bond motifs is 1. The second-order valence-corrected chi connectivity index (χ2v) is 6.09. The van der Waals surface area contributed by atoms with E-state index >= 15 is 0 Å². The molecule has 3 aromatic rings. The van der Waals surface area contributed by atoms with Crippen LogP contribution in [0.1, 0.15) is 23.8 Å². The number of furan rings is 1. The molecule has 0 saturated heterocycles. The minimum Gasteiger partial charge on any atom is -0.461 e. The lowest BCUT2D eigenvalue weighted by Crippen LogP contribution is -2.35. The number of para-hydroxylation sites is 1. The van der Waals surface area contributed by atoms with Crippen LogP contribution in [-0.4, -0.2) is 11.9 Å². The van der Waals surface area contributed by atoms with Crippen LogP contribution < -0.4 is 5.32 Å². The highest BCUT2D eigenvalue weighted by molar-refractivity contribution is 5.79. The van der Waals surface area contributed by atoms with Crippen molar-refractivity contribution in [3.8, 4) is 0 Å². The third-order valence-electron chi connectivity index (χ3n) is 3.84. The van der Waals surface area contributed by atoms with Gasteiger partial charge in [0.15, 0.2) is 0 Å². The highest BCUT2D eigenvalue weighted by atomic mass is 16.3. The molecule has 0 aliphatic rings. The zero-order valence-electron chi connectivity index (χ0n) is 13.5. The van der Waals surface area contributed by atoms with Crippen molar-refractivity contribution < 1.29 is 9.21 Å². The molecule has 0 aliphatic heterocycles. The van der Waals surface area contributed by atoms with E-state index in [2.05, 4.69) is 5.32 Å². The van der Waals surface area contributed by atoms with Gasteiger partial charge in [-0.15, -0.1) is 0 Å². The Bertz CT molecular complexity index is 786. The van der Waals surface area contributed by atoms with Crippen LogP contribution in [0.2, 0.25) is 0 Å². The van der Waals surface area contributed by atoms with E-state index in [0.717, 1.165) is 22.3 Å². The number of carbonyl (C=O) groups is 1. The van der Waals surface area contributed by atoms with Gasteiger partial charge in [0.1, 0.15) is 11.3 Å². The summed E-state index contributed by atoms with van der Waals surface area (Å²) < 4.78 is 5.80. The molecule has 23 heavy (non-hydrogen) atoms. The van der Waals surface area contributed by atoms with Crippen molar-refractivity contribution in [1.82, 2.24) is 5.32 Å². The maximum absolute atomic E-state index is 12.2. The van der Waals surface area contributed by atoms with Crippen molar-refractivity contribution in [3.05, 3.63) is 71.5 Å². The molecule has 2 aromatic carbocycles. The normalized spacial score (nSPS) is 12.3. The van der Waals surface area contributed by atoms with E-state index in [1.54, 1.807) is 0 Å². The van der Waals surface area contributed by atoms with Gasteiger partial charge in [-0.2, -0.15) is 0 Å². The molecule has 3 heteroatoms. The number of rotatable bonds is 5. The number of aryl methyl sites for hydroxylation is 1. The van der Waals surface area contributed by atoms with E-state index in [4.69, 9.17) is 4.42 Å². The molecule has 0 aliphatic carbocycles. The first-order valence-corrected chi connectivity index (χ1v) is 7.92. The Morgan fingerprint density at radius 3 is 2.74 bits per heavy atom. The van der Waals surface area contributed by atoms with Crippen LogP contribution in [0.3, 0.4) is 0 Å². The summed E-state index contributed by atoms with van der Waals surface area (Å²) in [7, 11) is 0. The molecule has 3 nitrogen and oxygen atoms in total. The zero-order chi connectivity index (χ0) is 16.2. The molecule has 0 spiro atoms. The summed E-state index contributed by atoms with van der Waals surface area (Å²) in [4.78, 5) is 12.2. The van der Waals surface area contributed by atoms with E-state index in [0.29, 0.717) is 12.8 Å². The van der Waals surface area contributed by atoms with Crippen LogP contribution in [0.15, 0.2) is 59.0 Å². The Morgan fingerprint density at radius 1 is 1.13 bits per heavy atom. The molecule has 0 bridgehead atoms. The average Bonchev–Trinajstić information content (AvgIpc) is 2.88. The van der Waals surface area contributed by atoms with Gasteiger partial charge in [0.05, 0.1) is 6.42 Å². The molecule has 1 N–H and O–H groups in total. The Hall–Kier alpha value is -2.55. The molecule has 118 valence electrons. The summed E-state index contributed by atoms with van der Waals surface area (Å²) in [6, 6.07) is 18.1. The van der Waals surface area contributed by atoms with Crippen molar-refractivity contribution in [2.24, 2.45) is 0 Å². The number of nitrogens with one attached hydrogen (secondary N) is 1. The summed E-state index contributed by atoms with van der Waals surface area (Å²) in [5.41, 5.74) is 3.10. The summed E-state index contributed by atoms with van der Waals surface area (Å²) in [6.07, 6.45) is 1.10. The van der Waals surface area contributed by atoms with Crippen molar-refractivity contribution >= 4 is 16.9 Å². The summed E-state index contributed by atoms with van der Waals surface area (Å²) in [5.74, 6) is 0.939. The molecule has 1 amide bonds. The van der Waals surface area contributed by atoms with Crippen LogP contribution in [0.5, 0.6) is 0 Å². The first kappa shape index (κ1) is 15.3.